The van der Waals surface area contributed by atoms with Gasteiger partial charge in [0.05, 0.1) is 20.8 Å². The third-order valence-electron chi connectivity index (χ3n) is 4.90. The van der Waals surface area contributed by atoms with Gasteiger partial charge in [0, 0.05) is 38.6 Å². The molecule has 1 aliphatic rings. The second-order valence-corrected chi connectivity index (χ2v) is 6.84. The molecule has 2 aromatic carbocycles. The van der Waals surface area contributed by atoms with Gasteiger partial charge in [-0.3, -0.25) is 4.79 Å². The number of nitrogens with zero attached hydrogens (tertiary/aromatic N) is 2. The molecule has 27 heavy (non-hydrogen) atoms. The van der Waals surface area contributed by atoms with E-state index in [2.05, 4.69) is 5.32 Å². The Morgan fingerprint density at radius 3 is 2.30 bits per heavy atom. The number of fused-ring (bicyclic) bond motifs is 1. The first-order chi connectivity index (χ1) is 13.0. The van der Waals surface area contributed by atoms with Crippen molar-refractivity contribution in [3.05, 3.63) is 47.5 Å². The van der Waals surface area contributed by atoms with Crippen LogP contribution in [0.2, 0.25) is 0 Å². The maximum absolute atomic E-state index is 12.6. The van der Waals surface area contributed by atoms with Crippen LogP contribution in [-0.4, -0.2) is 52.2 Å². The lowest BCUT2D eigenvalue weighted by atomic mass is 9.98. The Morgan fingerprint density at radius 1 is 1.07 bits per heavy atom. The van der Waals surface area contributed by atoms with Crippen LogP contribution in [0.15, 0.2) is 36.4 Å². The maximum atomic E-state index is 12.6. The largest absolute Gasteiger partial charge is 0.493 e. The van der Waals surface area contributed by atoms with E-state index in [1.165, 1.54) is 5.56 Å². The van der Waals surface area contributed by atoms with Crippen molar-refractivity contribution in [3.63, 3.8) is 0 Å². The number of benzene rings is 2. The first kappa shape index (κ1) is 18.9. The minimum Gasteiger partial charge on any atom is -0.493 e. The summed E-state index contributed by atoms with van der Waals surface area (Å²) in [6.45, 7) is 1.59. The molecule has 0 unspecified atom stereocenters. The zero-order valence-electron chi connectivity index (χ0n) is 16.4. The highest BCUT2D eigenvalue weighted by atomic mass is 16.5. The highest BCUT2D eigenvalue weighted by molar-refractivity contribution is 5.81. The summed E-state index contributed by atoms with van der Waals surface area (Å²) in [4.78, 5) is 16.6. The minimum absolute atomic E-state index is 0.0899. The maximum Gasteiger partial charge on any atom is 0.242 e. The number of carbonyl (C=O) groups is 1. The van der Waals surface area contributed by atoms with Crippen molar-refractivity contribution in [2.24, 2.45) is 0 Å². The van der Waals surface area contributed by atoms with E-state index < -0.39 is 0 Å². The number of hydrogen-bond donors (Lipinski definition) is 1. The zero-order valence-corrected chi connectivity index (χ0v) is 16.4. The lowest BCUT2D eigenvalue weighted by Crippen LogP contribution is -2.39. The molecule has 1 aliphatic heterocycles. The van der Waals surface area contributed by atoms with Gasteiger partial charge in [-0.1, -0.05) is 0 Å². The fourth-order valence-corrected chi connectivity index (χ4v) is 3.26. The summed E-state index contributed by atoms with van der Waals surface area (Å²) in [6, 6.07) is 12.0. The second kappa shape index (κ2) is 8.20. The molecule has 2 aromatic rings. The summed E-state index contributed by atoms with van der Waals surface area (Å²) in [5, 5.41) is 3.22. The topological polar surface area (TPSA) is 54.0 Å². The SMILES string of the molecule is COc1cc2c(cc1OC)CN(C(=O)CNc1ccc(N(C)C)cc1)CC2. The van der Waals surface area contributed by atoms with E-state index in [9.17, 15) is 4.79 Å². The van der Waals surface area contributed by atoms with Crippen LogP contribution in [0, 0.1) is 0 Å². The van der Waals surface area contributed by atoms with Crippen LogP contribution in [0.4, 0.5) is 11.4 Å². The van der Waals surface area contributed by atoms with Gasteiger partial charge in [-0.2, -0.15) is 0 Å². The molecule has 6 nitrogen and oxygen atoms in total. The van der Waals surface area contributed by atoms with Crippen molar-refractivity contribution in [2.45, 2.75) is 13.0 Å². The lowest BCUT2D eigenvalue weighted by Gasteiger charge is -2.30. The molecule has 3 rings (SSSR count). The third kappa shape index (κ3) is 4.27. The Hall–Kier alpha value is -2.89. The normalized spacial score (nSPS) is 13.0. The molecule has 0 radical (unpaired) electrons. The molecule has 144 valence electrons. The highest BCUT2D eigenvalue weighted by Gasteiger charge is 2.22. The molecule has 1 heterocycles. The summed E-state index contributed by atoms with van der Waals surface area (Å²) in [5.41, 5.74) is 4.40. The van der Waals surface area contributed by atoms with E-state index in [0.717, 1.165) is 29.1 Å². The number of hydrogen-bond acceptors (Lipinski definition) is 5. The van der Waals surface area contributed by atoms with Gasteiger partial charge in [0.2, 0.25) is 5.91 Å². The molecule has 0 aromatic heterocycles. The van der Waals surface area contributed by atoms with E-state index in [4.69, 9.17) is 9.47 Å². The first-order valence-corrected chi connectivity index (χ1v) is 9.04. The van der Waals surface area contributed by atoms with Gasteiger partial charge in [0.1, 0.15) is 0 Å². The average molecular weight is 369 g/mol. The molecule has 1 N–H and O–H groups in total. The Balaban J connectivity index is 1.62. The number of anilines is 2. The molecule has 6 heteroatoms. The summed E-state index contributed by atoms with van der Waals surface area (Å²) < 4.78 is 10.8. The predicted molar refractivity (Wildman–Crippen MR) is 108 cm³/mol. The Bertz CT molecular complexity index is 803. The van der Waals surface area contributed by atoms with Crippen LogP contribution in [-0.2, 0) is 17.8 Å². The third-order valence-corrected chi connectivity index (χ3v) is 4.90. The summed E-state index contributed by atoms with van der Waals surface area (Å²) in [5.74, 6) is 1.52. The van der Waals surface area contributed by atoms with Crippen molar-refractivity contribution in [1.82, 2.24) is 4.90 Å². The van der Waals surface area contributed by atoms with Crippen LogP contribution in [0.3, 0.4) is 0 Å². The molecule has 0 saturated heterocycles. The molecule has 1 amide bonds. The molecule has 0 aliphatic carbocycles. The molecule has 0 atom stereocenters. The van der Waals surface area contributed by atoms with E-state index in [1.807, 2.05) is 60.3 Å². The number of ether oxygens (including phenoxy) is 2. The van der Waals surface area contributed by atoms with Gasteiger partial charge < -0.3 is 24.6 Å². The van der Waals surface area contributed by atoms with E-state index >= 15 is 0 Å². The van der Waals surface area contributed by atoms with Gasteiger partial charge in [-0.25, -0.2) is 0 Å². The molecule has 0 saturated carbocycles. The van der Waals surface area contributed by atoms with Crippen LogP contribution in [0.25, 0.3) is 0 Å². The Labute approximate surface area is 160 Å². The molecular formula is C21H27N3O3. The summed E-state index contributed by atoms with van der Waals surface area (Å²) in [7, 11) is 7.27. The molecular weight excluding hydrogens is 342 g/mol. The number of amides is 1. The van der Waals surface area contributed by atoms with Crippen LogP contribution in [0.5, 0.6) is 11.5 Å². The number of nitrogens with one attached hydrogen (secondary N) is 1. The second-order valence-electron chi connectivity index (χ2n) is 6.84. The number of carbonyl (C=O) groups excluding carboxylic acids is 1. The van der Waals surface area contributed by atoms with Crippen molar-refractivity contribution in [3.8, 4) is 11.5 Å². The summed E-state index contributed by atoms with van der Waals surface area (Å²) >= 11 is 0. The van der Waals surface area contributed by atoms with Crippen molar-refractivity contribution in [1.29, 1.82) is 0 Å². The molecule has 0 spiro atoms. The molecule has 0 bridgehead atoms. The minimum atomic E-state index is 0.0899. The van der Waals surface area contributed by atoms with E-state index in [-0.39, 0.29) is 12.5 Å². The fourth-order valence-electron chi connectivity index (χ4n) is 3.26. The van der Waals surface area contributed by atoms with Gasteiger partial charge in [-0.15, -0.1) is 0 Å². The number of rotatable bonds is 6. The fraction of sp³-hybridized carbons (Fsp3) is 0.381. The zero-order chi connectivity index (χ0) is 19.4. The van der Waals surface area contributed by atoms with Crippen LogP contribution < -0.4 is 19.7 Å². The van der Waals surface area contributed by atoms with Gasteiger partial charge in [0.25, 0.3) is 0 Å². The first-order valence-electron chi connectivity index (χ1n) is 9.04. The Morgan fingerprint density at radius 2 is 1.70 bits per heavy atom. The van der Waals surface area contributed by atoms with Crippen molar-refractivity contribution >= 4 is 17.3 Å². The summed E-state index contributed by atoms with van der Waals surface area (Å²) in [6.07, 6.45) is 0.818. The monoisotopic (exact) mass is 369 g/mol. The smallest absolute Gasteiger partial charge is 0.242 e. The predicted octanol–water partition coefficient (Wildman–Crippen LogP) is 2.77. The van der Waals surface area contributed by atoms with Gasteiger partial charge >= 0.3 is 0 Å². The van der Waals surface area contributed by atoms with E-state index in [1.54, 1.807) is 14.2 Å². The van der Waals surface area contributed by atoms with Gasteiger partial charge in [0.15, 0.2) is 11.5 Å². The quantitative estimate of drug-likeness (QED) is 0.849. The lowest BCUT2D eigenvalue weighted by molar-refractivity contribution is -0.130. The van der Waals surface area contributed by atoms with Crippen LogP contribution in [0.1, 0.15) is 11.1 Å². The van der Waals surface area contributed by atoms with Crippen molar-refractivity contribution < 1.29 is 14.3 Å². The van der Waals surface area contributed by atoms with Crippen molar-refractivity contribution in [2.75, 3.05) is 51.6 Å². The van der Waals surface area contributed by atoms with E-state index in [0.29, 0.717) is 18.8 Å². The average Bonchev–Trinajstić information content (AvgIpc) is 2.70. The van der Waals surface area contributed by atoms with Crippen LogP contribution >= 0.6 is 0 Å². The Kier molecular flexibility index (Phi) is 5.74. The number of methoxy groups -OCH3 is 2. The highest BCUT2D eigenvalue weighted by Crippen LogP contribution is 2.33. The standard InChI is InChI=1S/C21H27N3O3/c1-23(2)18-7-5-17(6-8-18)22-13-21(25)24-10-9-15-11-19(26-3)20(27-4)12-16(15)14-24/h5-8,11-12,22H,9-10,13-14H2,1-4H3. The van der Waals surface area contributed by atoms with Gasteiger partial charge in [-0.05, 0) is 53.9 Å². The molecule has 0 fully saturated rings.